The third-order valence-electron chi connectivity index (χ3n) is 2.53. The molecule has 2 atom stereocenters. The first kappa shape index (κ1) is 12.2. The summed E-state index contributed by atoms with van der Waals surface area (Å²) in [6.45, 7) is 6.12. The molecule has 1 aromatic rings. The van der Waals surface area contributed by atoms with Crippen molar-refractivity contribution in [1.82, 2.24) is 0 Å². The van der Waals surface area contributed by atoms with Crippen molar-refractivity contribution in [2.24, 2.45) is 11.7 Å². The van der Waals surface area contributed by atoms with Gasteiger partial charge in [-0.1, -0.05) is 38.1 Å². The molecule has 0 saturated carbocycles. The largest absolute Gasteiger partial charge is 0.391 e. The molecule has 0 heterocycles. The van der Waals surface area contributed by atoms with E-state index in [2.05, 4.69) is 26.0 Å². The number of aliphatic hydroxyl groups is 1. The normalized spacial score (nSPS) is 15.3. The maximum absolute atomic E-state index is 9.36. The highest BCUT2D eigenvalue weighted by molar-refractivity contribution is 5.25. The summed E-state index contributed by atoms with van der Waals surface area (Å²) < 4.78 is 0. The van der Waals surface area contributed by atoms with E-state index in [4.69, 9.17) is 5.73 Å². The second-order valence-electron chi connectivity index (χ2n) is 4.61. The Kier molecular flexibility index (Phi) is 4.30. The lowest BCUT2D eigenvalue weighted by Crippen LogP contribution is -2.23. The molecule has 0 saturated heterocycles. The van der Waals surface area contributed by atoms with Gasteiger partial charge in [-0.2, -0.15) is 0 Å². The summed E-state index contributed by atoms with van der Waals surface area (Å²) in [5.74, 6) is 0.668. The molecule has 0 aromatic heterocycles. The first-order valence-electron chi connectivity index (χ1n) is 5.53. The number of hydrogen-bond acceptors (Lipinski definition) is 2. The lowest BCUT2D eigenvalue weighted by molar-refractivity contribution is 0.164. The number of benzene rings is 1. The van der Waals surface area contributed by atoms with Gasteiger partial charge in [0, 0.05) is 0 Å². The summed E-state index contributed by atoms with van der Waals surface area (Å²) in [4.78, 5) is 0. The Labute approximate surface area is 92.1 Å². The van der Waals surface area contributed by atoms with Crippen LogP contribution in [-0.2, 0) is 6.42 Å². The molecule has 15 heavy (non-hydrogen) atoms. The van der Waals surface area contributed by atoms with Crippen LogP contribution in [0.4, 0.5) is 0 Å². The van der Waals surface area contributed by atoms with Crippen LogP contribution in [0.25, 0.3) is 0 Å². The topological polar surface area (TPSA) is 46.2 Å². The zero-order chi connectivity index (χ0) is 11.4. The van der Waals surface area contributed by atoms with E-state index < -0.39 is 6.10 Å². The molecular weight excluding hydrogens is 186 g/mol. The summed E-state index contributed by atoms with van der Waals surface area (Å²) in [6, 6.07) is 7.93. The fraction of sp³-hybridized carbons (Fsp3) is 0.538. The van der Waals surface area contributed by atoms with Gasteiger partial charge in [0.1, 0.15) is 0 Å². The fourth-order valence-electron chi connectivity index (χ4n) is 1.63. The lowest BCUT2D eigenvalue weighted by Gasteiger charge is -2.15. The second-order valence-corrected chi connectivity index (χ2v) is 4.61. The summed E-state index contributed by atoms with van der Waals surface area (Å²) in [6.07, 6.45) is 0.588. The van der Waals surface area contributed by atoms with E-state index >= 15 is 0 Å². The number of nitrogens with two attached hydrogens (primary N) is 1. The van der Waals surface area contributed by atoms with Gasteiger partial charge in [0.2, 0.25) is 0 Å². The Hall–Kier alpha value is -0.860. The Balaban J connectivity index is 2.72. The van der Waals surface area contributed by atoms with E-state index in [1.54, 1.807) is 6.92 Å². The minimum atomic E-state index is -0.499. The van der Waals surface area contributed by atoms with Crippen LogP contribution in [0.5, 0.6) is 0 Å². The summed E-state index contributed by atoms with van der Waals surface area (Å²) >= 11 is 0. The quantitative estimate of drug-likeness (QED) is 0.795. The molecule has 2 nitrogen and oxygen atoms in total. The Bertz CT molecular complexity index is 290. The molecule has 3 N–H and O–H groups in total. The molecule has 2 heteroatoms. The molecule has 0 fully saturated rings. The minimum absolute atomic E-state index is 0.280. The Morgan fingerprint density at radius 3 is 2.07 bits per heavy atom. The van der Waals surface area contributed by atoms with Gasteiger partial charge in [0.15, 0.2) is 0 Å². The highest BCUT2D eigenvalue weighted by Crippen LogP contribution is 2.16. The highest BCUT2D eigenvalue weighted by Gasteiger charge is 2.11. The van der Waals surface area contributed by atoms with Crippen molar-refractivity contribution in [3.8, 4) is 0 Å². The standard InChI is InChI=1S/C13H21NO/c1-9(2)8-11-4-6-12(7-5-11)13(14)10(3)15/h4-7,9-10,13,15H,8,14H2,1-3H3. The minimum Gasteiger partial charge on any atom is -0.391 e. The number of hydrogen-bond donors (Lipinski definition) is 2. The molecule has 2 unspecified atom stereocenters. The van der Waals surface area contributed by atoms with Crippen LogP contribution in [-0.4, -0.2) is 11.2 Å². The van der Waals surface area contributed by atoms with E-state index in [1.165, 1.54) is 5.56 Å². The number of aliphatic hydroxyl groups excluding tert-OH is 1. The SMILES string of the molecule is CC(C)Cc1ccc(C(N)C(C)O)cc1. The monoisotopic (exact) mass is 207 g/mol. The van der Waals surface area contributed by atoms with E-state index in [0.717, 1.165) is 12.0 Å². The predicted molar refractivity (Wildman–Crippen MR) is 63.6 cm³/mol. The van der Waals surface area contributed by atoms with Crippen molar-refractivity contribution in [1.29, 1.82) is 0 Å². The molecule has 84 valence electrons. The molecule has 1 aromatic carbocycles. The first-order valence-corrected chi connectivity index (χ1v) is 5.53. The second kappa shape index (κ2) is 5.29. The van der Waals surface area contributed by atoms with E-state index in [-0.39, 0.29) is 6.04 Å². The molecule has 0 aliphatic carbocycles. The van der Waals surface area contributed by atoms with Crippen LogP contribution >= 0.6 is 0 Å². The third kappa shape index (κ3) is 3.65. The molecule has 0 amide bonds. The van der Waals surface area contributed by atoms with Gasteiger partial charge in [0.05, 0.1) is 12.1 Å². The molecular formula is C13H21NO. The maximum Gasteiger partial charge on any atom is 0.0704 e. The molecule has 0 spiro atoms. The average Bonchev–Trinajstić information content (AvgIpc) is 2.17. The van der Waals surface area contributed by atoms with Crippen molar-refractivity contribution < 1.29 is 5.11 Å². The summed E-state index contributed by atoms with van der Waals surface area (Å²) in [5.41, 5.74) is 8.16. The van der Waals surface area contributed by atoms with E-state index in [0.29, 0.717) is 5.92 Å². The zero-order valence-electron chi connectivity index (χ0n) is 9.77. The van der Waals surface area contributed by atoms with Crippen molar-refractivity contribution >= 4 is 0 Å². The smallest absolute Gasteiger partial charge is 0.0704 e. The molecule has 0 aliphatic heterocycles. The van der Waals surface area contributed by atoms with Gasteiger partial charge in [0.25, 0.3) is 0 Å². The van der Waals surface area contributed by atoms with Gasteiger partial charge in [-0.15, -0.1) is 0 Å². The van der Waals surface area contributed by atoms with E-state index in [1.807, 2.05) is 12.1 Å². The fourth-order valence-corrected chi connectivity index (χ4v) is 1.63. The molecule has 0 radical (unpaired) electrons. The molecule has 0 bridgehead atoms. The lowest BCUT2D eigenvalue weighted by atomic mass is 9.98. The summed E-state index contributed by atoms with van der Waals surface area (Å²) in [7, 11) is 0. The van der Waals surface area contributed by atoms with Crippen molar-refractivity contribution in [2.75, 3.05) is 0 Å². The average molecular weight is 207 g/mol. The van der Waals surface area contributed by atoms with Crippen molar-refractivity contribution in [2.45, 2.75) is 39.3 Å². The van der Waals surface area contributed by atoms with Gasteiger partial charge >= 0.3 is 0 Å². The van der Waals surface area contributed by atoms with Crippen LogP contribution in [0.1, 0.15) is 37.9 Å². The van der Waals surface area contributed by atoms with Crippen LogP contribution in [0.2, 0.25) is 0 Å². The maximum atomic E-state index is 9.36. The van der Waals surface area contributed by atoms with Crippen molar-refractivity contribution in [3.05, 3.63) is 35.4 Å². The van der Waals surface area contributed by atoms with Crippen molar-refractivity contribution in [3.63, 3.8) is 0 Å². The zero-order valence-corrected chi connectivity index (χ0v) is 9.77. The van der Waals surface area contributed by atoms with Crippen LogP contribution < -0.4 is 5.73 Å². The number of rotatable bonds is 4. The van der Waals surface area contributed by atoms with Crippen LogP contribution in [0.3, 0.4) is 0 Å². The van der Waals surface area contributed by atoms with Gasteiger partial charge in [-0.3, -0.25) is 0 Å². The predicted octanol–water partition coefficient (Wildman–Crippen LogP) is 2.27. The van der Waals surface area contributed by atoms with Gasteiger partial charge in [-0.05, 0) is 30.4 Å². The Morgan fingerprint density at radius 1 is 1.13 bits per heavy atom. The summed E-state index contributed by atoms with van der Waals surface area (Å²) in [5, 5.41) is 9.36. The van der Waals surface area contributed by atoms with Crippen LogP contribution in [0, 0.1) is 5.92 Å². The van der Waals surface area contributed by atoms with Gasteiger partial charge in [-0.25, -0.2) is 0 Å². The molecule has 1 rings (SSSR count). The third-order valence-corrected chi connectivity index (χ3v) is 2.53. The molecule has 0 aliphatic rings. The Morgan fingerprint density at radius 2 is 1.67 bits per heavy atom. The highest BCUT2D eigenvalue weighted by atomic mass is 16.3. The van der Waals surface area contributed by atoms with E-state index in [9.17, 15) is 5.11 Å². The van der Waals surface area contributed by atoms with Gasteiger partial charge < -0.3 is 10.8 Å². The first-order chi connectivity index (χ1) is 7.00. The van der Waals surface area contributed by atoms with Crippen LogP contribution in [0.15, 0.2) is 24.3 Å².